The predicted molar refractivity (Wildman–Crippen MR) is 189 cm³/mol. The Morgan fingerprint density at radius 2 is 1.96 bits per heavy atom. The Labute approximate surface area is 289 Å². The van der Waals surface area contributed by atoms with Crippen molar-refractivity contribution >= 4 is 27.5 Å². The zero-order chi connectivity index (χ0) is 33.6. The molecule has 0 radical (unpaired) electrons. The molecule has 9 nitrogen and oxygen atoms in total. The summed E-state index contributed by atoms with van der Waals surface area (Å²) in [6.07, 6.45) is 12.8. The highest BCUT2D eigenvalue weighted by Crippen LogP contribution is 2.55. The van der Waals surface area contributed by atoms with E-state index in [4.69, 9.17) is 25.9 Å². The van der Waals surface area contributed by atoms with Gasteiger partial charge in [-0.25, -0.2) is 4.39 Å². The predicted octanol–water partition coefficient (Wildman–Crippen LogP) is 5.98. The number of terminal acetylenes is 1. The molecule has 10 heteroatoms. The number of anilines is 1. The first-order chi connectivity index (χ1) is 24.5. The third-order valence-corrected chi connectivity index (χ3v) is 11.8. The van der Waals surface area contributed by atoms with Gasteiger partial charge in [0, 0.05) is 65.4 Å². The van der Waals surface area contributed by atoms with Crippen molar-refractivity contribution in [2.24, 2.45) is 5.92 Å². The van der Waals surface area contributed by atoms with Crippen LogP contribution in [0.4, 0.5) is 10.2 Å². The summed E-state index contributed by atoms with van der Waals surface area (Å²) in [7, 11) is 0. The molecule has 0 amide bonds. The van der Waals surface area contributed by atoms with E-state index in [1.54, 1.807) is 12.3 Å². The largest absolute Gasteiger partial charge is 0.508 e. The van der Waals surface area contributed by atoms with Gasteiger partial charge >= 0.3 is 6.01 Å². The number of phenolic OH excluding ortho intramolecular Hbond substituents is 1. The van der Waals surface area contributed by atoms with Gasteiger partial charge in [0.15, 0.2) is 5.82 Å². The molecule has 252 valence electrons. The topological polar surface area (TPSA) is 95.9 Å². The van der Waals surface area contributed by atoms with Crippen LogP contribution in [0.1, 0.15) is 49.3 Å². The Kier molecular flexibility index (Phi) is 6.74. The molecule has 0 saturated carbocycles. The Bertz CT molecular complexity index is 2230. The number of ether oxygens (including phenoxy) is 2. The Morgan fingerprint density at radius 3 is 2.82 bits per heavy atom. The van der Waals surface area contributed by atoms with E-state index in [1.165, 1.54) is 11.6 Å². The number of phenols is 1. The lowest BCUT2D eigenvalue weighted by Crippen LogP contribution is -2.51. The number of hydrogen-bond acceptors (Lipinski definition) is 9. The smallest absolute Gasteiger partial charge is 0.319 e. The number of aromatic hydroxyl groups is 1. The maximum absolute atomic E-state index is 17.0. The van der Waals surface area contributed by atoms with E-state index in [-0.39, 0.29) is 34.6 Å². The number of rotatable bonds is 5. The third-order valence-electron chi connectivity index (χ3n) is 11.8. The molecule has 7 heterocycles. The first kappa shape index (κ1) is 29.9. The molecule has 5 aliphatic heterocycles. The molecule has 50 heavy (non-hydrogen) atoms. The SMILES string of the molecule is C#Cc1cccc2cc(O)cc(-c3ncc4c(N5C[C@H]6CC[C@@H](C5)N6)nc(OC[C@@]56CCCN5[C@@H]5c7ccccc7OC[C@@H]5C6)nc4c3F)c12. The number of fused-ring (bicyclic) bond motifs is 9. The van der Waals surface area contributed by atoms with Crippen LogP contribution in [0.3, 0.4) is 0 Å². The van der Waals surface area contributed by atoms with Gasteiger partial charge in [0.2, 0.25) is 0 Å². The van der Waals surface area contributed by atoms with E-state index in [0.717, 1.165) is 57.5 Å². The molecule has 4 saturated heterocycles. The van der Waals surface area contributed by atoms with Gasteiger partial charge in [-0.2, -0.15) is 9.97 Å². The molecular formula is C40H37FN6O3. The number of aromatic nitrogens is 3. The van der Waals surface area contributed by atoms with E-state index in [1.807, 2.05) is 24.3 Å². The molecule has 5 aliphatic rings. The summed E-state index contributed by atoms with van der Waals surface area (Å²) in [6.45, 7) is 3.60. The van der Waals surface area contributed by atoms with Gasteiger partial charge in [-0.1, -0.05) is 36.3 Å². The van der Waals surface area contributed by atoms with Gasteiger partial charge in [-0.3, -0.25) is 9.88 Å². The van der Waals surface area contributed by atoms with Gasteiger partial charge in [0.25, 0.3) is 0 Å². The normalized spacial score (nSPS) is 26.8. The standard InChI is InChI=1S/C40H37FN6O3/c1-2-23-7-5-8-24-15-28(48)16-30(33(23)24)35-34(41)36-31(18-42-35)38(46-19-26-11-12-27(20-46)43-26)45-39(44-36)50-22-40-13-6-14-47(40)37-25(17-40)21-49-32-10-4-3-9-29(32)37/h1,3-5,7-10,15-16,18,25-27,37,43,48H,6,11-14,17,19-22H2/t25-,26-,27+,37-,40-/m0/s1. The van der Waals surface area contributed by atoms with Crippen molar-refractivity contribution in [3.63, 3.8) is 0 Å². The maximum atomic E-state index is 17.0. The van der Waals surface area contributed by atoms with Crippen molar-refractivity contribution < 1.29 is 19.0 Å². The van der Waals surface area contributed by atoms with Crippen molar-refractivity contribution in [2.75, 3.05) is 37.7 Å². The summed E-state index contributed by atoms with van der Waals surface area (Å²) in [5, 5.41) is 16.2. The Hall–Kier alpha value is -4.98. The van der Waals surface area contributed by atoms with Crippen LogP contribution in [0.5, 0.6) is 17.5 Å². The number of nitrogens with one attached hydrogen (secondary N) is 1. The summed E-state index contributed by atoms with van der Waals surface area (Å²) in [5.41, 5.74) is 2.27. The fourth-order valence-corrected chi connectivity index (χ4v) is 9.71. The van der Waals surface area contributed by atoms with E-state index in [0.29, 0.717) is 64.3 Å². The highest BCUT2D eigenvalue weighted by molar-refractivity contribution is 6.02. The number of pyridine rings is 1. The van der Waals surface area contributed by atoms with Crippen molar-refractivity contribution in [2.45, 2.75) is 55.8 Å². The Morgan fingerprint density at radius 1 is 1.10 bits per heavy atom. The summed E-state index contributed by atoms with van der Waals surface area (Å²) < 4.78 is 29.9. The first-order valence-corrected chi connectivity index (χ1v) is 17.7. The average Bonchev–Trinajstić information content (AvgIpc) is 3.80. The number of para-hydroxylation sites is 1. The van der Waals surface area contributed by atoms with E-state index < -0.39 is 5.82 Å². The summed E-state index contributed by atoms with van der Waals surface area (Å²) in [6, 6.07) is 18.1. The highest BCUT2D eigenvalue weighted by Gasteiger charge is 2.56. The van der Waals surface area contributed by atoms with E-state index in [9.17, 15) is 5.11 Å². The van der Waals surface area contributed by atoms with Crippen LogP contribution in [0.25, 0.3) is 32.9 Å². The molecule has 0 aliphatic carbocycles. The summed E-state index contributed by atoms with van der Waals surface area (Å²) in [5.74, 6) is 4.08. The van der Waals surface area contributed by atoms with Crippen LogP contribution in [0.2, 0.25) is 0 Å². The van der Waals surface area contributed by atoms with Gasteiger partial charge in [0.1, 0.15) is 35.1 Å². The van der Waals surface area contributed by atoms with Gasteiger partial charge in [0.05, 0.1) is 17.5 Å². The summed E-state index contributed by atoms with van der Waals surface area (Å²) >= 11 is 0. The number of hydrogen-bond donors (Lipinski definition) is 2. The first-order valence-electron chi connectivity index (χ1n) is 17.7. The van der Waals surface area contributed by atoms with Crippen LogP contribution in [0, 0.1) is 24.1 Å². The zero-order valence-corrected chi connectivity index (χ0v) is 27.6. The molecular weight excluding hydrogens is 631 g/mol. The van der Waals surface area contributed by atoms with Crippen LogP contribution in [0.15, 0.2) is 60.8 Å². The lowest BCUT2D eigenvalue weighted by molar-refractivity contribution is 0.0780. The molecule has 2 N–H and O–H groups in total. The van der Waals surface area contributed by atoms with Crippen molar-refractivity contribution in [1.29, 1.82) is 0 Å². The van der Waals surface area contributed by atoms with Gasteiger partial charge in [-0.05, 0) is 68.3 Å². The molecule has 4 fully saturated rings. The second-order valence-corrected chi connectivity index (χ2v) is 14.7. The van der Waals surface area contributed by atoms with E-state index >= 15 is 4.39 Å². The number of halogens is 1. The average molecular weight is 669 g/mol. The Balaban J connectivity index is 1.07. The number of piperazine rings is 1. The fraction of sp³-hybridized carbons (Fsp3) is 0.375. The molecule has 10 rings (SSSR count). The highest BCUT2D eigenvalue weighted by atomic mass is 19.1. The van der Waals surface area contributed by atoms with E-state index in [2.05, 4.69) is 44.2 Å². The lowest BCUT2D eigenvalue weighted by atomic mass is 9.86. The minimum absolute atomic E-state index is 0.00260. The van der Waals surface area contributed by atoms with Crippen molar-refractivity contribution in [3.05, 3.63) is 77.7 Å². The van der Waals surface area contributed by atoms with Crippen LogP contribution < -0.4 is 19.7 Å². The minimum atomic E-state index is -0.603. The zero-order valence-electron chi connectivity index (χ0n) is 27.6. The van der Waals surface area contributed by atoms with Gasteiger partial charge < -0.3 is 24.8 Å². The van der Waals surface area contributed by atoms with Crippen LogP contribution in [-0.2, 0) is 0 Å². The maximum Gasteiger partial charge on any atom is 0.319 e. The quantitative estimate of drug-likeness (QED) is 0.220. The monoisotopic (exact) mass is 668 g/mol. The second-order valence-electron chi connectivity index (χ2n) is 14.7. The molecule has 5 aromatic rings. The molecule has 2 aromatic heterocycles. The van der Waals surface area contributed by atoms with Crippen molar-refractivity contribution in [1.82, 2.24) is 25.2 Å². The summed E-state index contributed by atoms with van der Waals surface area (Å²) in [4.78, 5) is 19.3. The van der Waals surface area contributed by atoms with Crippen LogP contribution in [-0.4, -0.2) is 75.4 Å². The lowest BCUT2D eigenvalue weighted by Gasteiger charge is -2.36. The second kappa shape index (κ2) is 11.3. The molecule has 0 spiro atoms. The molecule has 2 bridgehead atoms. The number of benzene rings is 3. The van der Waals surface area contributed by atoms with Gasteiger partial charge in [-0.15, -0.1) is 6.42 Å². The third kappa shape index (κ3) is 4.56. The fourth-order valence-electron chi connectivity index (χ4n) is 9.71. The molecule has 3 aromatic carbocycles. The molecule has 5 atom stereocenters. The van der Waals surface area contributed by atoms with Crippen LogP contribution >= 0.6 is 0 Å². The number of nitrogens with zero attached hydrogens (tertiary/aromatic N) is 5. The van der Waals surface area contributed by atoms with Crippen molar-refractivity contribution in [3.8, 4) is 41.1 Å². The molecule has 0 unspecified atom stereocenters. The minimum Gasteiger partial charge on any atom is -0.508 e.